The molecule has 1 aromatic heterocycles. The zero-order valence-corrected chi connectivity index (χ0v) is 26.8. The smallest absolute Gasteiger partial charge is 0.416 e. The fourth-order valence-corrected chi connectivity index (χ4v) is 6.98. The molecule has 1 amide bonds. The number of carbonyl (C=O) groups is 2. The van der Waals surface area contributed by atoms with Crippen molar-refractivity contribution in [2.75, 3.05) is 17.9 Å². The van der Waals surface area contributed by atoms with Gasteiger partial charge in [-0.2, -0.15) is 13.2 Å². The highest BCUT2D eigenvalue weighted by Crippen LogP contribution is 2.41. The van der Waals surface area contributed by atoms with Crippen LogP contribution in [0.25, 0.3) is 10.9 Å². The van der Waals surface area contributed by atoms with Gasteiger partial charge in [0.25, 0.3) is 22.4 Å². The third-order valence-corrected chi connectivity index (χ3v) is 10.2. The molecule has 1 aliphatic rings. The number of anilines is 1. The van der Waals surface area contributed by atoms with E-state index in [0.29, 0.717) is 17.7 Å². The first-order valence-electron chi connectivity index (χ1n) is 14.9. The Labute approximate surface area is 270 Å². The second kappa shape index (κ2) is 14.6. The molecule has 10 nitrogen and oxygen atoms in total. The Hall–Kier alpha value is -4.40. The van der Waals surface area contributed by atoms with E-state index in [2.05, 4.69) is 10.6 Å². The molecule has 1 unspecified atom stereocenters. The lowest BCUT2D eigenvalue weighted by molar-refractivity contribution is -0.137. The predicted octanol–water partition coefficient (Wildman–Crippen LogP) is 4.71. The number of halogens is 3. The van der Waals surface area contributed by atoms with Gasteiger partial charge in [0.1, 0.15) is 0 Å². The minimum absolute atomic E-state index is 0.0000139. The van der Waals surface area contributed by atoms with Crippen LogP contribution in [0.2, 0.25) is 0 Å². The zero-order chi connectivity index (χ0) is 34.5. The first kappa shape index (κ1) is 35.5. The van der Waals surface area contributed by atoms with E-state index in [4.69, 9.17) is 9.90 Å². The van der Waals surface area contributed by atoms with E-state index in [1.54, 1.807) is 29.7 Å². The van der Waals surface area contributed by atoms with Crippen LogP contribution >= 0.6 is 0 Å². The number of benzene rings is 3. The van der Waals surface area contributed by atoms with Crippen molar-refractivity contribution in [3.63, 3.8) is 0 Å². The lowest BCUT2D eigenvalue weighted by Crippen LogP contribution is -2.48. The quantitative estimate of drug-likeness (QED) is 0.179. The maximum atomic E-state index is 13.7. The fraction of sp³-hybridized carbons (Fsp3) is 0.333. The molecule has 0 fully saturated rings. The molecule has 4 aromatic rings. The van der Waals surface area contributed by atoms with Gasteiger partial charge in [-0.1, -0.05) is 55.5 Å². The SMILES string of the molecule is CCc1cn2c3c(cc(C(=O)N[C@@H](Cc4ccccc4)[C@H](O)CNCc4cccc(C(F)(F)F)c4)cc13)N(C)S(=O)(=O)C2C.O=CO. The van der Waals surface area contributed by atoms with Crippen molar-refractivity contribution in [1.29, 1.82) is 0 Å². The summed E-state index contributed by atoms with van der Waals surface area (Å²) in [6.45, 7) is 3.43. The number of carboxylic acid groups (broad SMARTS) is 1. The summed E-state index contributed by atoms with van der Waals surface area (Å²) in [6.07, 6.45) is -2.81. The van der Waals surface area contributed by atoms with Gasteiger partial charge in [-0.25, -0.2) is 8.42 Å². The standard InChI is InChI=1S/C32H35F3N4O4S.CH2O2/c1-4-23-19-39-20(2)44(42,43)38(3)28-16-24(15-26(23)30(28)39)31(41)37-27(14-21-9-6-5-7-10-21)29(40)18-36-17-22-11-8-12-25(13-22)32(33,34)35;2-1-3/h5-13,15-16,19-20,27,29,36,40H,4,14,17-18H2,1-3H3,(H,37,41);1H,(H,2,3)/t20?,27-,29+;/m0./s1. The van der Waals surface area contributed by atoms with Crippen molar-refractivity contribution >= 4 is 39.0 Å². The molecule has 1 aliphatic heterocycles. The largest absolute Gasteiger partial charge is 0.483 e. The van der Waals surface area contributed by atoms with Gasteiger partial charge in [0, 0.05) is 37.3 Å². The normalized spacial score (nSPS) is 16.6. The molecule has 3 aromatic carbocycles. The summed E-state index contributed by atoms with van der Waals surface area (Å²) in [5.41, 5.74) is 2.82. The molecule has 47 heavy (non-hydrogen) atoms. The summed E-state index contributed by atoms with van der Waals surface area (Å²) in [7, 11) is -2.23. The van der Waals surface area contributed by atoms with E-state index in [9.17, 15) is 31.5 Å². The zero-order valence-electron chi connectivity index (χ0n) is 26.0. The van der Waals surface area contributed by atoms with Gasteiger partial charge in [-0.15, -0.1) is 0 Å². The first-order chi connectivity index (χ1) is 22.2. The van der Waals surface area contributed by atoms with Gasteiger partial charge in [-0.05, 0) is 54.7 Å². The number of hydrogen-bond donors (Lipinski definition) is 4. The Morgan fingerprint density at radius 2 is 1.72 bits per heavy atom. The number of aliphatic hydroxyl groups excluding tert-OH is 1. The number of amides is 1. The third-order valence-electron chi connectivity index (χ3n) is 8.19. The van der Waals surface area contributed by atoms with Crippen LogP contribution in [0.4, 0.5) is 18.9 Å². The molecule has 4 N–H and O–H groups in total. The molecule has 0 radical (unpaired) electrons. The average molecular weight is 675 g/mol. The summed E-state index contributed by atoms with van der Waals surface area (Å²) >= 11 is 0. The average Bonchev–Trinajstić information content (AvgIpc) is 3.42. The van der Waals surface area contributed by atoms with E-state index in [0.717, 1.165) is 34.2 Å². The number of nitrogens with one attached hydrogen (secondary N) is 2. The van der Waals surface area contributed by atoms with Crippen LogP contribution in [0.5, 0.6) is 0 Å². The Kier molecular flexibility index (Phi) is 11.0. The minimum Gasteiger partial charge on any atom is -0.483 e. The molecule has 252 valence electrons. The molecular weight excluding hydrogens is 637 g/mol. The van der Waals surface area contributed by atoms with Crippen LogP contribution in [0.3, 0.4) is 0 Å². The van der Waals surface area contributed by atoms with Crippen LogP contribution in [-0.4, -0.2) is 61.3 Å². The Bertz CT molecular complexity index is 1830. The lowest BCUT2D eigenvalue weighted by Gasteiger charge is -2.31. The second-order valence-electron chi connectivity index (χ2n) is 11.2. The maximum Gasteiger partial charge on any atom is 0.416 e. The molecule has 3 atom stereocenters. The lowest BCUT2D eigenvalue weighted by atomic mass is 9.99. The van der Waals surface area contributed by atoms with Crippen LogP contribution in [0.15, 0.2) is 72.9 Å². The van der Waals surface area contributed by atoms with Gasteiger partial charge in [-0.3, -0.25) is 13.9 Å². The van der Waals surface area contributed by atoms with Crippen LogP contribution in [-0.2, 0) is 40.4 Å². The van der Waals surface area contributed by atoms with Crippen molar-refractivity contribution in [2.45, 2.75) is 56.9 Å². The number of hydrogen-bond acceptors (Lipinski definition) is 6. The molecular formula is C33H37F3N4O6S. The van der Waals surface area contributed by atoms with Gasteiger partial charge < -0.3 is 25.4 Å². The van der Waals surface area contributed by atoms with Crippen molar-refractivity contribution in [1.82, 2.24) is 15.2 Å². The number of aryl methyl sites for hydroxylation is 1. The van der Waals surface area contributed by atoms with Crippen molar-refractivity contribution in [3.05, 3.63) is 101 Å². The van der Waals surface area contributed by atoms with Crippen molar-refractivity contribution in [3.8, 4) is 0 Å². The van der Waals surface area contributed by atoms with Gasteiger partial charge in [0.2, 0.25) is 0 Å². The molecule has 5 rings (SSSR count). The number of sulfonamides is 1. The van der Waals surface area contributed by atoms with Crippen LogP contribution in [0.1, 0.15) is 51.8 Å². The highest BCUT2D eigenvalue weighted by Gasteiger charge is 2.37. The molecule has 0 bridgehead atoms. The maximum absolute atomic E-state index is 13.7. The third kappa shape index (κ3) is 7.77. The predicted molar refractivity (Wildman–Crippen MR) is 173 cm³/mol. The number of aliphatic hydroxyl groups is 1. The van der Waals surface area contributed by atoms with E-state index < -0.39 is 45.2 Å². The monoisotopic (exact) mass is 674 g/mol. The molecule has 14 heteroatoms. The molecule has 0 saturated heterocycles. The van der Waals surface area contributed by atoms with Gasteiger partial charge >= 0.3 is 6.18 Å². The van der Waals surface area contributed by atoms with E-state index in [1.165, 1.54) is 17.4 Å². The van der Waals surface area contributed by atoms with Gasteiger partial charge in [0.05, 0.1) is 28.9 Å². The summed E-state index contributed by atoms with van der Waals surface area (Å²) < 4.78 is 68.6. The van der Waals surface area contributed by atoms with E-state index in [-0.39, 0.29) is 31.5 Å². The number of aromatic nitrogens is 1. The molecule has 0 saturated carbocycles. The Morgan fingerprint density at radius 3 is 2.36 bits per heavy atom. The van der Waals surface area contributed by atoms with Crippen molar-refractivity contribution in [2.24, 2.45) is 0 Å². The Morgan fingerprint density at radius 1 is 1.06 bits per heavy atom. The van der Waals surface area contributed by atoms with Crippen LogP contribution < -0.4 is 14.9 Å². The number of nitrogens with zero attached hydrogens (tertiary/aromatic N) is 2. The Balaban J connectivity index is 0.00000160. The fourth-order valence-electron chi connectivity index (χ4n) is 5.65. The first-order valence-corrected chi connectivity index (χ1v) is 16.4. The van der Waals surface area contributed by atoms with Gasteiger partial charge in [0.15, 0.2) is 5.37 Å². The molecule has 0 aliphatic carbocycles. The topological polar surface area (TPSA) is 141 Å². The number of rotatable bonds is 10. The van der Waals surface area contributed by atoms with Crippen molar-refractivity contribution < 1.29 is 41.4 Å². The van der Waals surface area contributed by atoms with Crippen LogP contribution in [0, 0.1) is 0 Å². The number of alkyl halides is 3. The number of carbonyl (C=O) groups excluding carboxylic acids is 1. The molecule has 0 spiro atoms. The highest BCUT2D eigenvalue weighted by molar-refractivity contribution is 7.92. The van der Waals surface area contributed by atoms with E-state index >= 15 is 0 Å². The van der Waals surface area contributed by atoms with E-state index in [1.807, 2.05) is 43.5 Å². The second-order valence-corrected chi connectivity index (χ2v) is 13.4. The summed E-state index contributed by atoms with van der Waals surface area (Å²) in [4.78, 5) is 22.1. The summed E-state index contributed by atoms with van der Waals surface area (Å²) in [5.74, 6) is -0.486. The minimum atomic E-state index is -4.46. The molecule has 2 heterocycles. The highest BCUT2D eigenvalue weighted by atomic mass is 32.2. The summed E-state index contributed by atoms with van der Waals surface area (Å²) in [6, 6.07) is 16.8. The summed E-state index contributed by atoms with van der Waals surface area (Å²) in [5, 5.41) is 24.0.